The van der Waals surface area contributed by atoms with Crippen LogP contribution in [-0.4, -0.2) is 110 Å². The molecule has 0 radical (unpaired) electrons. The Morgan fingerprint density at radius 3 is 0.981 bits per heavy atom. The lowest BCUT2D eigenvalue weighted by atomic mass is 9.82. The van der Waals surface area contributed by atoms with E-state index in [1.165, 1.54) is 61.2 Å². The molecule has 284 valence electrons. The molecule has 54 heavy (non-hydrogen) atoms. The van der Waals surface area contributed by atoms with E-state index in [2.05, 4.69) is 42.0 Å². The van der Waals surface area contributed by atoms with Crippen LogP contribution >= 0.6 is 0 Å². The van der Waals surface area contributed by atoms with Gasteiger partial charge in [-0.25, -0.2) is 0 Å². The van der Waals surface area contributed by atoms with Crippen LogP contribution in [0.1, 0.15) is 119 Å². The number of carbonyl (C=O) groups is 4. The molecule has 5 aromatic rings. The molecule has 0 saturated carbocycles. The van der Waals surface area contributed by atoms with Crippen molar-refractivity contribution in [1.29, 1.82) is 0 Å². The maximum absolute atomic E-state index is 14.0. The van der Waals surface area contributed by atoms with Gasteiger partial charge in [0.05, 0.1) is 54.4 Å². The lowest BCUT2D eigenvalue weighted by molar-refractivity contribution is -0.890. The van der Waals surface area contributed by atoms with E-state index in [4.69, 9.17) is 0 Å². The molecule has 0 aromatic heterocycles. The van der Waals surface area contributed by atoms with Crippen molar-refractivity contribution in [3.63, 3.8) is 0 Å². The topological polar surface area (TPSA) is 74.8 Å². The van der Waals surface area contributed by atoms with Gasteiger partial charge in [-0.15, -0.1) is 0 Å². The van der Waals surface area contributed by atoms with Crippen molar-refractivity contribution in [3.05, 3.63) is 70.8 Å². The molecule has 2 aliphatic heterocycles. The van der Waals surface area contributed by atoms with Crippen LogP contribution in [0.5, 0.6) is 0 Å². The molecule has 0 bridgehead atoms. The van der Waals surface area contributed by atoms with Crippen LogP contribution in [0.3, 0.4) is 0 Å². The smallest absolute Gasteiger partial charge is 0.261 e. The summed E-state index contributed by atoms with van der Waals surface area (Å²) in [6, 6.07) is 15.4. The molecule has 7 rings (SSSR count). The van der Waals surface area contributed by atoms with Crippen molar-refractivity contribution >= 4 is 66.7 Å². The summed E-state index contributed by atoms with van der Waals surface area (Å²) in [5.41, 5.74) is 2.21. The van der Waals surface area contributed by atoms with E-state index in [0.717, 1.165) is 80.3 Å². The van der Waals surface area contributed by atoms with Crippen molar-refractivity contribution < 1.29 is 28.1 Å². The second-order valence-electron chi connectivity index (χ2n) is 17.3. The van der Waals surface area contributed by atoms with Gasteiger partial charge in [-0.3, -0.25) is 29.0 Å². The third-order valence-electron chi connectivity index (χ3n) is 12.3. The molecular weight excluding hydrogens is 673 g/mol. The van der Waals surface area contributed by atoms with Crippen molar-refractivity contribution in [1.82, 2.24) is 9.80 Å². The minimum Gasteiger partial charge on any atom is -0.328 e. The highest BCUT2D eigenvalue weighted by Crippen LogP contribution is 2.46. The molecule has 8 nitrogen and oxygen atoms in total. The van der Waals surface area contributed by atoms with Gasteiger partial charge in [0.25, 0.3) is 23.6 Å². The van der Waals surface area contributed by atoms with Gasteiger partial charge in [0.2, 0.25) is 0 Å². The second kappa shape index (κ2) is 15.0. The monoisotopic (exact) mass is 730 g/mol. The summed E-state index contributed by atoms with van der Waals surface area (Å²) >= 11 is 0. The van der Waals surface area contributed by atoms with Crippen LogP contribution in [-0.2, 0) is 0 Å². The standard InChI is InChI=1S/C46H58N4O4/c1-7-9-11-13-27-49(3,4)29-15-25-47-43(51)35-21-17-31-33-19-23-37-42-38(24-20-34(40(33)42)32-18-22-36(44(47)52)41(35)39(31)32)46(54)48(45(37)53)26-16-30-50(5,6)28-14-12-10-8-2/h17-24H,7-16,25-30H2,1-6H3/q+2. The molecule has 8 heteroatoms. The molecule has 0 aliphatic carbocycles. The van der Waals surface area contributed by atoms with Gasteiger partial charge in [-0.05, 0) is 82.3 Å². The summed E-state index contributed by atoms with van der Waals surface area (Å²) in [7, 11) is 8.93. The quantitative estimate of drug-likeness (QED) is 0.0297. The minimum atomic E-state index is -0.240. The number of nitrogens with zero attached hydrogens (tertiary/aromatic N) is 4. The van der Waals surface area contributed by atoms with E-state index in [9.17, 15) is 19.2 Å². The molecule has 0 unspecified atom stereocenters. The summed E-state index contributed by atoms with van der Waals surface area (Å²) in [4.78, 5) is 59.0. The molecule has 4 amide bonds. The Morgan fingerprint density at radius 1 is 0.389 bits per heavy atom. The lowest BCUT2D eigenvalue weighted by Crippen LogP contribution is -2.45. The SMILES string of the molecule is CCCCCC[N+](C)(C)CCCN1C(=O)c2ccc3c4ccc5c6c(ccc(c7ccc(c2c37)C1=O)c64)C(=O)N(CCC[N+](C)(C)CCCCCC)C5=O. The van der Waals surface area contributed by atoms with E-state index in [0.29, 0.717) is 46.1 Å². The van der Waals surface area contributed by atoms with Gasteiger partial charge in [0.1, 0.15) is 0 Å². The summed E-state index contributed by atoms with van der Waals surface area (Å²) in [6.45, 7) is 9.20. The highest BCUT2D eigenvalue weighted by atomic mass is 16.2. The third kappa shape index (κ3) is 6.77. The summed E-state index contributed by atoms with van der Waals surface area (Å²) < 4.78 is 1.75. The highest BCUT2D eigenvalue weighted by molar-refractivity contribution is 6.41. The van der Waals surface area contributed by atoms with E-state index >= 15 is 0 Å². The normalized spacial score (nSPS) is 15.0. The number of carbonyl (C=O) groups excluding carboxylic acids is 4. The number of fused-ring (bicyclic) bond motifs is 2. The van der Waals surface area contributed by atoms with Gasteiger partial charge in [-0.2, -0.15) is 0 Å². The number of hydrogen-bond donors (Lipinski definition) is 0. The van der Waals surface area contributed by atoms with Crippen LogP contribution in [0, 0.1) is 0 Å². The van der Waals surface area contributed by atoms with Crippen molar-refractivity contribution in [3.8, 4) is 0 Å². The average molecular weight is 731 g/mol. The van der Waals surface area contributed by atoms with Gasteiger partial charge < -0.3 is 8.97 Å². The minimum absolute atomic E-state index is 0.240. The fourth-order valence-corrected chi connectivity index (χ4v) is 9.24. The molecule has 0 spiro atoms. The Kier molecular flexibility index (Phi) is 10.5. The maximum atomic E-state index is 14.0. The fourth-order valence-electron chi connectivity index (χ4n) is 9.24. The maximum Gasteiger partial charge on any atom is 0.261 e. The predicted octanol–water partition coefficient (Wildman–Crippen LogP) is 9.02. The molecule has 0 N–H and O–H groups in total. The van der Waals surface area contributed by atoms with Crippen LogP contribution in [0.2, 0.25) is 0 Å². The Balaban J connectivity index is 1.17. The zero-order chi connectivity index (χ0) is 38.4. The molecule has 0 fully saturated rings. The molecule has 2 heterocycles. The van der Waals surface area contributed by atoms with E-state index in [1.807, 2.05) is 48.5 Å². The number of imide groups is 2. The fraction of sp³-hybridized carbons (Fsp3) is 0.478. The van der Waals surface area contributed by atoms with Gasteiger partial charge >= 0.3 is 0 Å². The first-order valence-corrected chi connectivity index (χ1v) is 20.5. The molecule has 0 saturated heterocycles. The lowest BCUT2D eigenvalue weighted by Gasteiger charge is -2.33. The Hall–Kier alpha value is -4.40. The number of hydrogen-bond acceptors (Lipinski definition) is 4. The zero-order valence-corrected chi connectivity index (χ0v) is 33.4. The van der Waals surface area contributed by atoms with Crippen molar-refractivity contribution in [2.75, 3.05) is 67.5 Å². The van der Waals surface area contributed by atoms with E-state index in [1.54, 1.807) is 0 Å². The Bertz CT molecular complexity index is 1990. The molecule has 2 aliphatic rings. The summed E-state index contributed by atoms with van der Waals surface area (Å²) in [5, 5.41) is 6.84. The highest BCUT2D eigenvalue weighted by Gasteiger charge is 2.37. The zero-order valence-electron chi connectivity index (χ0n) is 33.4. The van der Waals surface area contributed by atoms with Crippen LogP contribution < -0.4 is 0 Å². The van der Waals surface area contributed by atoms with E-state index in [-0.39, 0.29) is 23.6 Å². The number of amides is 4. The van der Waals surface area contributed by atoms with Crippen molar-refractivity contribution in [2.24, 2.45) is 0 Å². The van der Waals surface area contributed by atoms with Gasteiger partial charge in [0, 0.05) is 59.0 Å². The number of benzene rings is 5. The first-order valence-electron chi connectivity index (χ1n) is 20.5. The molecule has 5 aromatic carbocycles. The van der Waals surface area contributed by atoms with Crippen LogP contribution in [0.15, 0.2) is 48.5 Å². The first-order chi connectivity index (χ1) is 25.9. The summed E-state index contributed by atoms with van der Waals surface area (Å²) in [6.07, 6.45) is 11.3. The second-order valence-corrected chi connectivity index (χ2v) is 17.3. The molecule has 0 atom stereocenters. The van der Waals surface area contributed by atoms with Gasteiger partial charge in [0.15, 0.2) is 0 Å². The Morgan fingerprint density at radius 2 is 0.685 bits per heavy atom. The van der Waals surface area contributed by atoms with E-state index < -0.39 is 0 Å². The van der Waals surface area contributed by atoms with Crippen LogP contribution in [0.25, 0.3) is 43.1 Å². The average Bonchev–Trinajstić information content (AvgIpc) is 3.15. The molecular formula is C46H58N4O4+2. The largest absolute Gasteiger partial charge is 0.328 e. The predicted molar refractivity (Wildman–Crippen MR) is 220 cm³/mol. The van der Waals surface area contributed by atoms with Crippen LogP contribution in [0.4, 0.5) is 0 Å². The first kappa shape index (κ1) is 37.9. The number of quaternary nitrogens is 2. The summed E-state index contributed by atoms with van der Waals surface area (Å²) in [5.74, 6) is -0.961. The van der Waals surface area contributed by atoms with Crippen molar-refractivity contribution in [2.45, 2.75) is 78.1 Å². The third-order valence-corrected chi connectivity index (χ3v) is 12.3. The number of unbranched alkanes of at least 4 members (excludes halogenated alkanes) is 6. The van der Waals surface area contributed by atoms with Gasteiger partial charge in [-0.1, -0.05) is 63.8 Å². The number of rotatable bonds is 18. The Labute approximate surface area is 320 Å².